The second-order valence-electron chi connectivity index (χ2n) is 6.35. The van der Waals surface area contributed by atoms with Crippen LogP contribution in [0, 0.1) is 12.8 Å². The average molecular weight is 319 g/mol. The number of urea groups is 1. The first-order valence-electron chi connectivity index (χ1n) is 8.21. The van der Waals surface area contributed by atoms with E-state index in [9.17, 15) is 9.59 Å². The number of aryl methyl sites for hydroxylation is 1. The molecule has 0 heterocycles. The van der Waals surface area contributed by atoms with Gasteiger partial charge in [0.15, 0.2) is 0 Å². The molecule has 0 aromatic heterocycles. The molecule has 1 atom stereocenters. The highest BCUT2D eigenvalue weighted by molar-refractivity contribution is 5.94. The fourth-order valence-corrected chi connectivity index (χ4v) is 2.14. The smallest absolute Gasteiger partial charge is 0.321 e. The topological polar surface area (TPSA) is 61.4 Å². The summed E-state index contributed by atoms with van der Waals surface area (Å²) < 4.78 is 0. The Bertz CT molecular complexity index is 555. The van der Waals surface area contributed by atoms with Crippen LogP contribution < -0.4 is 10.6 Å². The minimum Gasteiger partial charge on any atom is -0.326 e. The Kier molecular flexibility index (Phi) is 7.07. The second-order valence-corrected chi connectivity index (χ2v) is 6.35. The number of hydrogen-bond acceptors (Lipinski definition) is 2. The Balaban J connectivity index is 2.83. The summed E-state index contributed by atoms with van der Waals surface area (Å²) >= 11 is 0. The monoisotopic (exact) mass is 319 g/mol. The Morgan fingerprint density at radius 2 is 1.83 bits per heavy atom. The van der Waals surface area contributed by atoms with Crippen LogP contribution in [0.5, 0.6) is 0 Å². The Morgan fingerprint density at radius 3 is 2.39 bits per heavy atom. The van der Waals surface area contributed by atoms with Gasteiger partial charge in [-0.05, 0) is 38.0 Å². The highest BCUT2D eigenvalue weighted by atomic mass is 16.2. The molecule has 5 nitrogen and oxygen atoms in total. The summed E-state index contributed by atoms with van der Waals surface area (Å²) in [7, 11) is 1.80. The van der Waals surface area contributed by atoms with E-state index in [0.29, 0.717) is 11.4 Å². The number of nitrogens with one attached hydrogen (secondary N) is 2. The van der Waals surface area contributed by atoms with Crippen molar-refractivity contribution in [2.75, 3.05) is 17.7 Å². The van der Waals surface area contributed by atoms with Crippen molar-refractivity contribution < 1.29 is 9.59 Å². The Morgan fingerprint density at radius 1 is 1.17 bits per heavy atom. The quantitative estimate of drug-likeness (QED) is 0.823. The lowest BCUT2D eigenvalue weighted by atomic mass is 10.1. The van der Waals surface area contributed by atoms with Crippen molar-refractivity contribution in [1.29, 1.82) is 0 Å². The van der Waals surface area contributed by atoms with Crippen LogP contribution in [-0.2, 0) is 4.79 Å². The molecule has 0 bridgehead atoms. The number of anilines is 2. The zero-order valence-corrected chi connectivity index (χ0v) is 15.1. The summed E-state index contributed by atoms with van der Waals surface area (Å²) in [6, 6.07) is 5.58. The average Bonchev–Trinajstić information content (AvgIpc) is 2.49. The molecule has 128 valence electrons. The molecule has 3 amide bonds. The van der Waals surface area contributed by atoms with Gasteiger partial charge in [0.1, 0.15) is 0 Å². The highest BCUT2D eigenvalue weighted by Crippen LogP contribution is 2.21. The summed E-state index contributed by atoms with van der Waals surface area (Å²) in [6.45, 7) is 9.76. The van der Waals surface area contributed by atoms with E-state index in [2.05, 4.69) is 17.6 Å². The Hall–Kier alpha value is -2.04. The van der Waals surface area contributed by atoms with Gasteiger partial charge in [-0.25, -0.2) is 4.79 Å². The molecule has 1 aromatic carbocycles. The van der Waals surface area contributed by atoms with Gasteiger partial charge in [0.25, 0.3) is 0 Å². The van der Waals surface area contributed by atoms with Crippen molar-refractivity contribution in [1.82, 2.24) is 4.90 Å². The largest absolute Gasteiger partial charge is 0.326 e. The molecule has 0 aliphatic carbocycles. The highest BCUT2D eigenvalue weighted by Gasteiger charge is 2.16. The lowest BCUT2D eigenvalue weighted by molar-refractivity contribution is -0.118. The number of rotatable bonds is 6. The molecule has 0 saturated carbocycles. The second kappa shape index (κ2) is 8.56. The van der Waals surface area contributed by atoms with Gasteiger partial charge in [-0.15, -0.1) is 0 Å². The predicted molar refractivity (Wildman–Crippen MR) is 95.8 cm³/mol. The standard InChI is InChI=1S/C18H29N3O2/c1-7-8-14(5)21(6)18(23)20-16-11-15(10-9-13(16)4)19-17(22)12(2)3/h9-12,14H,7-8H2,1-6H3,(H,19,22)(H,20,23). The van der Waals surface area contributed by atoms with E-state index in [-0.39, 0.29) is 23.9 Å². The van der Waals surface area contributed by atoms with E-state index in [1.165, 1.54) is 0 Å². The molecule has 0 spiro atoms. The molecule has 0 radical (unpaired) electrons. The first kappa shape index (κ1) is 19.0. The number of carbonyl (C=O) groups is 2. The molecule has 2 N–H and O–H groups in total. The summed E-state index contributed by atoms with van der Waals surface area (Å²) in [5.41, 5.74) is 2.36. The normalized spacial score (nSPS) is 12.0. The van der Waals surface area contributed by atoms with Crippen molar-refractivity contribution in [3.8, 4) is 0 Å². The van der Waals surface area contributed by atoms with Crippen LogP contribution in [0.2, 0.25) is 0 Å². The maximum atomic E-state index is 12.4. The lowest BCUT2D eigenvalue weighted by Gasteiger charge is -2.25. The van der Waals surface area contributed by atoms with Gasteiger partial charge >= 0.3 is 6.03 Å². The molecular weight excluding hydrogens is 290 g/mol. The van der Waals surface area contributed by atoms with E-state index in [1.54, 1.807) is 18.0 Å². The van der Waals surface area contributed by atoms with Crippen LogP contribution in [0.3, 0.4) is 0 Å². The van der Waals surface area contributed by atoms with Gasteiger partial charge in [0.2, 0.25) is 5.91 Å². The molecular formula is C18H29N3O2. The van der Waals surface area contributed by atoms with Gasteiger partial charge in [-0.3, -0.25) is 4.79 Å². The van der Waals surface area contributed by atoms with E-state index in [0.717, 1.165) is 18.4 Å². The number of benzene rings is 1. The van der Waals surface area contributed by atoms with Crippen LogP contribution in [0.1, 0.15) is 46.1 Å². The van der Waals surface area contributed by atoms with Crippen LogP contribution in [-0.4, -0.2) is 29.9 Å². The van der Waals surface area contributed by atoms with Crippen molar-refractivity contribution in [2.24, 2.45) is 5.92 Å². The number of carbonyl (C=O) groups excluding carboxylic acids is 2. The van der Waals surface area contributed by atoms with Gasteiger partial charge in [-0.2, -0.15) is 0 Å². The molecule has 0 aliphatic rings. The third kappa shape index (κ3) is 5.58. The van der Waals surface area contributed by atoms with Crippen LogP contribution in [0.25, 0.3) is 0 Å². The lowest BCUT2D eigenvalue weighted by Crippen LogP contribution is -2.38. The molecule has 23 heavy (non-hydrogen) atoms. The maximum Gasteiger partial charge on any atom is 0.321 e. The molecule has 0 aliphatic heterocycles. The van der Waals surface area contributed by atoms with Gasteiger partial charge in [-0.1, -0.05) is 33.3 Å². The van der Waals surface area contributed by atoms with Crippen LogP contribution in [0.4, 0.5) is 16.2 Å². The van der Waals surface area contributed by atoms with E-state index in [1.807, 2.05) is 39.8 Å². The Labute approximate surface area is 139 Å². The zero-order valence-electron chi connectivity index (χ0n) is 15.1. The SMILES string of the molecule is CCCC(C)N(C)C(=O)Nc1cc(NC(=O)C(C)C)ccc1C. The fourth-order valence-electron chi connectivity index (χ4n) is 2.14. The van der Waals surface area contributed by atoms with E-state index >= 15 is 0 Å². The number of hydrogen-bond donors (Lipinski definition) is 2. The molecule has 1 aromatic rings. The van der Waals surface area contributed by atoms with Crippen LogP contribution >= 0.6 is 0 Å². The number of amides is 3. The maximum absolute atomic E-state index is 12.4. The minimum absolute atomic E-state index is 0.0418. The third-order valence-corrected chi connectivity index (χ3v) is 3.96. The summed E-state index contributed by atoms with van der Waals surface area (Å²) in [6.07, 6.45) is 2.00. The summed E-state index contributed by atoms with van der Waals surface area (Å²) in [5.74, 6) is -0.129. The first-order valence-corrected chi connectivity index (χ1v) is 8.21. The molecule has 0 fully saturated rings. The first-order chi connectivity index (χ1) is 10.8. The van der Waals surface area contributed by atoms with Crippen molar-refractivity contribution in [3.63, 3.8) is 0 Å². The fraction of sp³-hybridized carbons (Fsp3) is 0.556. The van der Waals surface area contributed by atoms with Crippen molar-refractivity contribution in [2.45, 2.75) is 53.5 Å². The summed E-state index contributed by atoms with van der Waals surface area (Å²) in [5, 5.41) is 5.78. The molecule has 5 heteroatoms. The van der Waals surface area contributed by atoms with E-state index in [4.69, 9.17) is 0 Å². The minimum atomic E-state index is -0.138. The summed E-state index contributed by atoms with van der Waals surface area (Å²) in [4.78, 5) is 25.9. The third-order valence-electron chi connectivity index (χ3n) is 3.96. The van der Waals surface area contributed by atoms with Gasteiger partial charge < -0.3 is 15.5 Å². The van der Waals surface area contributed by atoms with Gasteiger partial charge in [0, 0.05) is 30.4 Å². The zero-order chi connectivity index (χ0) is 17.6. The molecule has 1 unspecified atom stereocenters. The van der Waals surface area contributed by atoms with E-state index < -0.39 is 0 Å². The van der Waals surface area contributed by atoms with Crippen molar-refractivity contribution in [3.05, 3.63) is 23.8 Å². The van der Waals surface area contributed by atoms with Crippen LogP contribution in [0.15, 0.2) is 18.2 Å². The number of nitrogens with zero attached hydrogens (tertiary/aromatic N) is 1. The van der Waals surface area contributed by atoms with Crippen molar-refractivity contribution >= 4 is 23.3 Å². The molecule has 1 rings (SSSR count). The van der Waals surface area contributed by atoms with Gasteiger partial charge in [0.05, 0.1) is 0 Å². The molecule has 0 saturated heterocycles. The predicted octanol–water partition coefficient (Wildman–Crippen LogP) is 4.24.